The molecule has 3 aromatic carbocycles. The Morgan fingerprint density at radius 2 is 1.86 bits per heavy atom. The average molecular weight is 512 g/mol. The second-order valence-corrected chi connectivity index (χ2v) is 9.84. The number of aryl methyl sites for hydroxylation is 2. The number of carbonyl (C=O) groups excluding carboxylic acids is 2. The molecule has 0 aliphatic carbocycles. The number of nitrogen functional groups attached to an aromatic ring is 1. The molecule has 1 aromatic heterocycles. The first-order valence-corrected chi connectivity index (χ1v) is 12.7. The van der Waals surface area contributed by atoms with Crippen LogP contribution in [0.1, 0.15) is 41.1 Å². The molecule has 1 unspecified atom stereocenters. The summed E-state index contributed by atoms with van der Waals surface area (Å²) in [7, 11) is 0. The maximum atomic E-state index is 13.6. The number of nitrogens with one attached hydrogen (secondary N) is 3. The fraction of sp³-hybridized carbons (Fsp3) is 0.207. The number of thiol groups is 1. The van der Waals surface area contributed by atoms with Gasteiger partial charge in [0.1, 0.15) is 11.9 Å². The third-order valence-corrected chi connectivity index (χ3v) is 7.17. The molecule has 1 atom stereocenters. The van der Waals surface area contributed by atoms with Crippen LogP contribution >= 0.6 is 12.6 Å². The Kier molecular flexibility index (Phi) is 7.01. The van der Waals surface area contributed by atoms with E-state index in [2.05, 4.69) is 39.6 Å². The zero-order valence-corrected chi connectivity index (χ0v) is 21.4. The van der Waals surface area contributed by atoms with Crippen molar-refractivity contribution in [3.63, 3.8) is 0 Å². The average Bonchev–Trinajstić information content (AvgIpc) is 2.88. The van der Waals surface area contributed by atoms with E-state index in [1.165, 1.54) is 0 Å². The largest absolute Gasteiger partial charge is 0.383 e. The van der Waals surface area contributed by atoms with Crippen LogP contribution < -0.4 is 21.7 Å². The van der Waals surface area contributed by atoms with Gasteiger partial charge in [0, 0.05) is 40.8 Å². The van der Waals surface area contributed by atoms with Crippen molar-refractivity contribution >= 4 is 52.4 Å². The number of pyridine rings is 1. The smallest absolute Gasteiger partial charge is 0.247 e. The van der Waals surface area contributed by atoms with E-state index in [1.807, 2.05) is 61.5 Å². The molecule has 37 heavy (non-hydrogen) atoms. The number of anilines is 3. The quantitative estimate of drug-likeness (QED) is 0.239. The lowest BCUT2D eigenvalue weighted by molar-refractivity contribution is -0.122. The molecule has 6 rings (SSSR count). The molecule has 0 spiro atoms. The highest BCUT2D eigenvalue weighted by Crippen LogP contribution is 2.28. The minimum Gasteiger partial charge on any atom is -0.383 e. The lowest BCUT2D eigenvalue weighted by atomic mass is 9.96. The van der Waals surface area contributed by atoms with Crippen molar-refractivity contribution in [2.75, 3.05) is 16.4 Å². The van der Waals surface area contributed by atoms with Crippen LogP contribution in [0.5, 0.6) is 0 Å². The summed E-state index contributed by atoms with van der Waals surface area (Å²) in [5, 5.41) is 11.2. The van der Waals surface area contributed by atoms with Gasteiger partial charge in [0.15, 0.2) is 0 Å². The van der Waals surface area contributed by atoms with E-state index in [4.69, 9.17) is 5.73 Å². The molecule has 2 aliphatic heterocycles. The van der Waals surface area contributed by atoms with Crippen molar-refractivity contribution in [2.24, 2.45) is 0 Å². The monoisotopic (exact) mass is 511 g/mol. The molecule has 4 aromatic rings. The van der Waals surface area contributed by atoms with Gasteiger partial charge in [-0.15, -0.1) is 12.6 Å². The topological polar surface area (TPSA) is 109 Å². The van der Waals surface area contributed by atoms with Gasteiger partial charge in [0.25, 0.3) is 0 Å². The first-order chi connectivity index (χ1) is 17.9. The summed E-state index contributed by atoms with van der Waals surface area (Å²) >= 11 is 4.55. The first-order valence-electron chi connectivity index (χ1n) is 12.3. The van der Waals surface area contributed by atoms with Crippen LogP contribution in [0.15, 0.2) is 71.8 Å². The van der Waals surface area contributed by atoms with Crippen LogP contribution in [0.25, 0.3) is 10.8 Å². The molecule has 4 bridgehead atoms. The number of aromatic nitrogens is 1. The normalized spacial score (nSPS) is 16.3. The maximum absolute atomic E-state index is 13.6. The molecule has 188 valence electrons. The minimum atomic E-state index is -0.622. The van der Waals surface area contributed by atoms with Gasteiger partial charge < -0.3 is 21.7 Å². The fourth-order valence-corrected chi connectivity index (χ4v) is 4.91. The van der Waals surface area contributed by atoms with E-state index in [-0.39, 0.29) is 18.4 Å². The van der Waals surface area contributed by atoms with Gasteiger partial charge in [-0.25, -0.2) is 4.98 Å². The summed E-state index contributed by atoms with van der Waals surface area (Å²) < 4.78 is 0. The molecular formula is C29H29N5O2S. The summed E-state index contributed by atoms with van der Waals surface area (Å²) in [5.41, 5.74) is 11.4. The molecule has 0 radical (unpaired) electrons. The predicted octanol–water partition coefficient (Wildman–Crippen LogP) is 5.16. The summed E-state index contributed by atoms with van der Waals surface area (Å²) in [6.45, 7) is 2.32. The number of hydrogen-bond acceptors (Lipinski definition) is 6. The lowest BCUT2D eigenvalue weighted by Gasteiger charge is -2.22. The predicted molar refractivity (Wildman–Crippen MR) is 151 cm³/mol. The number of hydrogen-bond donors (Lipinski definition) is 5. The van der Waals surface area contributed by atoms with Gasteiger partial charge in [-0.05, 0) is 89.9 Å². The number of rotatable bonds is 2. The number of fused-ring (bicyclic) bond motifs is 10. The minimum absolute atomic E-state index is 0.0274. The second kappa shape index (κ2) is 10.5. The number of nitrogens with two attached hydrogens (primary N) is 1. The number of benzene rings is 3. The van der Waals surface area contributed by atoms with Gasteiger partial charge in [0.05, 0.1) is 0 Å². The Bertz CT molecular complexity index is 1500. The Morgan fingerprint density at radius 3 is 2.70 bits per heavy atom. The van der Waals surface area contributed by atoms with Crippen molar-refractivity contribution in [1.82, 2.24) is 10.3 Å². The second-order valence-electron chi connectivity index (χ2n) is 9.36. The third kappa shape index (κ3) is 5.54. The maximum Gasteiger partial charge on any atom is 0.247 e. The molecule has 0 fully saturated rings. The molecule has 8 heteroatoms. The highest BCUT2D eigenvalue weighted by molar-refractivity contribution is 7.80. The summed E-state index contributed by atoms with van der Waals surface area (Å²) in [5.74, 6) is 0.273. The van der Waals surface area contributed by atoms with Crippen LogP contribution in [0.3, 0.4) is 0 Å². The zero-order chi connectivity index (χ0) is 25.9. The van der Waals surface area contributed by atoms with E-state index in [0.29, 0.717) is 17.9 Å². The molecule has 7 nitrogen and oxygen atoms in total. The Morgan fingerprint density at radius 1 is 1.00 bits per heavy atom. The van der Waals surface area contributed by atoms with Crippen LogP contribution in [0.2, 0.25) is 0 Å². The van der Waals surface area contributed by atoms with Gasteiger partial charge >= 0.3 is 0 Å². The van der Waals surface area contributed by atoms with Crippen molar-refractivity contribution in [1.29, 1.82) is 0 Å². The van der Waals surface area contributed by atoms with Gasteiger partial charge in [0.2, 0.25) is 11.8 Å². The Balaban J connectivity index is 1.50. The van der Waals surface area contributed by atoms with Gasteiger partial charge in [-0.2, -0.15) is 0 Å². The van der Waals surface area contributed by atoms with Crippen molar-refractivity contribution in [3.05, 3.63) is 89.1 Å². The van der Waals surface area contributed by atoms with Gasteiger partial charge in [-0.3, -0.25) is 9.59 Å². The van der Waals surface area contributed by atoms with E-state index in [0.717, 1.165) is 56.5 Å². The molecule has 3 heterocycles. The number of nitrogens with zero attached hydrogens (tertiary/aromatic N) is 1. The summed E-state index contributed by atoms with van der Waals surface area (Å²) in [6.07, 6.45) is 3.63. The number of amides is 2. The SMILES string of the molecule is Cc1cc2ccc1CCCC(=O)Nc1ccc(S)c(c1)CNC(=O)C2Nc1ccc2c(N)nccc2c1. The van der Waals surface area contributed by atoms with Crippen molar-refractivity contribution in [2.45, 2.75) is 43.7 Å². The number of carbonyl (C=O) groups is 2. The van der Waals surface area contributed by atoms with Crippen LogP contribution in [0, 0.1) is 6.92 Å². The van der Waals surface area contributed by atoms with E-state index < -0.39 is 6.04 Å². The van der Waals surface area contributed by atoms with Crippen LogP contribution in [-0.2, 0) is 22.6 Å². The summed E-state index contributed by atoms with van der Waals surface area (Å²) in [6, 6.07) is 18.7. The third-order valence-electron chi connectivity index (χ3n) is 6.73. The highest BCUT2D eigenvalue weighted by Gasteiger charge is 2.22. The van der Waals surface area contributed by atoms with E-state index >= 15 is 0 Å². The molecular weight excluding hydrogens is 482 g/mol. The van der Waals surface area contributed by atoms with Crippen LogP contribution in [0.4, 0.5) is 17.2 Å². The lowest BCUT2D eigenvalue weighted by Crippen LogP contribution is -2.33. The van der Waals surface area contributed by atoms with Crippen molar-refractivity contribution in [3.8, 4) is 0 Å². The van der Waals surface area contributed by atoms with E-state index in [9.17, 15) is 9.59 Å². The first kappa shape index (κ1) is 24.6. The molecule has 0 saturated carbocycles. The molecule has 0 saturated heterocycles. The standard InChI is InChI=1S/C29H29N5O2S/c1-17-13-20-6-5-18(17)3-2-4-26(35)33-22-8-10-25(37)21(15-22)16-32-29(36)27(20)34-23-7-9-24-19(14-23)11-12-31-28(24)30/h5-15,27,34,37H,2-4,16H2,1H3,(H2,30,31)(H,32,36)(H,33,35). The molecule has 2 aliphatic rings. The Labute approximate surface area is 221 Å². The molecule has 5 N–H and O–H groups in total. The van der Waals surface area contributed by atoms with Crippen LogP contribution in [-0.4, -0.2) is 16.8 Å². The van der Waals surface area contributed by atoms with E-state index in [1.54, 1.807) is 6.20 Å². The Hall–Kier alpha value is -4.04. The molecule has 2 amide bonds. The fourth-order valence-electron chi connectivity index (χ4n) is 4.69. The summed E-state index contributed by atoms with van der Waals surface area (Å²) in [4.78, 5) is 30.9. The highest BCUT2D eigenvalue weighted by atomic mass is 32.1. The van der Waals surface area contributed by atoms with Crippen molar-refractivity contribution < 1.29 is 9.59 Å². The zero-order valence-electron chi connectivity index (χ0n) is 20.5. The van der Waals surface area contributed by atoms with Gasteiger partial charge in [-0.1, -0.05) is 18.2 Å².